The van der Waals surface area contributed by atoms with Gasteiger partial charge in [0, 0.05) is 44.9 Å². The first-order valence-corrected chi connectivity index (χ1v) is 20.7. The summed E-state index contributed by atoms with van der Waals surface area (Å²) in [4.78, 5) is 1.26. The molecule has 0 N–H and O–H groups in total. The van der Waals surface area contributed by atoms with Crippen molar-refractivity contribution in [3.8, 4) is 32.4 Å². The molecule has 0 aliphatic heterocycles. The van der Waals surface area contributed by atoms with Crippen LogP contribution in [0.15, 0.2) is 60.7 Å². The second-order valence-corrected chi connectivity index (χ2v) is 16.4. The molecule has 59 heavy (non-hydrogen) atoms. The monoisotopic (exact) mass is 872 g/mol. The number of hydrogen-bond acceptors (Lipinski definition) is 10. The van der Waals surface area contributed by atoms with Crippen molar-refractivity contribution in [2.75, 3.05) is 80.3 Å². The van der Waals surface area contributed by atoms with E-state index in [4.69, 9.17) is 37.9 Å². The first-order chi connectivity index (χ1) is 28.1. The molecule has 0 unspecified atom stereocenters. The Balaban J connectivity index is 1.33. The summed E-state index contributed by atoms with van der Waals surface area (Å²) in [5.41, 5.74) is -2.32. The summed E-state index contributed by atoms with van der Waals surface area (Å²) in [6.07, 6.45) is -0.601. The van der Waals surface area contributed by atoms with Crippen LogP contribution >= 0.6 is 22.7 Å². The molecule has 2 atom stereocenters. The lowest BCUT2D eigenvalue weighted by molar-refractivity contribution is -0.254. The zero-order valence-corrected chi connectivity index (χ0v) is 35.5. The van der Waals surface area contributed by atoms with Crippen molar-refractivity contribution in [3.63, 3.8) is 0 Å². The minimum absolute atomic E-state index is 0.191. The van der Waals surface area contributed by atoms with Crippen LogP contribution in [-0.4, -0.2) is 110 Å². The Hall–Kier alpha value is -3.48. The van der Waals surface area contributed by atoms with E-state index in [-0.39, 0.29) is 33.1 Å². The molecule has 8 nitrogen and oxygen atoms in total. The van der Waals surface area contributed by atoms with E-state index in [1.165, 1.54) is 26.0 Å². The molecule has 324 valence electrons. The highest BCUT2D eigenvalue weighted by molar-refractivity contribution is 7.16. The number of allylic oxidation sites excluding steroid dienone is 2. The average Bonchev–Trinajstić information content (AvgIpc) is 3.80. The van der Waals surface area contributed by atoms with Crippen molar-refractivity contribution in [2.24, 2.45) is 0 Å². The average molecular weight is 873 g/mol. The predicted molar refractivity (Wildman–Crippen MR) is 218 cm³/mol. The van der Waals surface area contributed by atoms with Gasteiger partial charge in [-0.2, -0.15) is 26.3 Å². The third-order valence-corrected chi connectivity index (χ3v) is 11.5. The Labute approximate surface area is 348 Å². The smallest absolute Gasteiger partial charge is 0.380 e. The van der Waals surface area contributed by atoms with Crippen LogP contribution in [0, 0.1) is 13.8 Å². The van der Waals surface area contributed by atoms with Crippen molar-refractivity contribution in [1.29, 1.82) is 0 Å². The zero-order valence-electron chi connectivity index (χ0n) is 33.8. The lowest BCUT2D eigenvalue weighted by Gasteiger charge is -2.25. The largest absolute Gasteiger partial charge is 0.488 e. The molecule has 0 fully saturated rings. The molecular weight excluding hydrogens is 823 g/mol. The second kappa shape index (κ2) is 20.9. The first-order valence-electron chi connectivity index (χ1n) is 19.1. The third-order valence-electron chi connectivity index (χ3n) is 9.31. The highest BCUT2D eigenvalue weighted by atomic mass is 32.1. The number of alkyl halides is 6. The molecule has 1 aliphatic carbocycles. The van der Waals surface area contributed by atoms with Crippen molar-refractivity contribution < 1.29 is 64.2 Å². The fourth-order valence-electron chi connectivity index (χ4n) is 6.33. The van der Waals surface area contributed by atoms with Crippen molar-refractivity contribution in [3.05, 3.63) is 81.5 Å². The van der Waals surface area contributed by atoms with E-state index in [2.05, 4.69) is 0 Å². The fourth-order valence-corrected chi connectivity index (χ4v) is 8.39. The Morgan fingerprint density at radius 2 is 0.847 bits per heavy atom. The maximum Gasteiger partial charge on any atom is 0.380 e. The van der Waals surface area contributed by atoms with Gasteiger partial charge in [-0.3, -0.25) is 0 Å². The summed E-state index contributed by atoms with van der Waals surface area (Å²) >= 11 is 2.10. The zero-order chi connectivity index (χ0) is 42.8. The normalized spacial score (nSPS) is 16.7. The number of benzene rings is 2. The van der Waals surface area contributed by atoms with Crippen LogP contribution in [0.1, 0.15) is 34.7 Å². The molecule has 0 spiro atoms. The summed E-state index contributed by atoms with van der Waals surface area (Å²) in [6.45, 7) is 10.7. The summed E-state index contributed by atoms with van der Waals surface area (Å²) in [5.74, 6) is -15.0. The van der Waals surface area contributed by atoms with Gasteiger partial charge >= 0.3 is 17.8 Å². The van der Waals surface area contributed by atoms with Gasteiger partial charge in [-0.15, -0.1) is 22.7 Å². The maximum absolute atomic E-state index is 15.9. The summed E-state index contributed by atoms with van der Waals surface area (Å²) in [6, 6.07) is 16.0. The molecule has 1 aliphatic rings. The van der Waals surface area contributed by atoms with Gasteiger partial charge in [-0.05, 0) is 111 Å². The molecule has 4 aromatic rings. The van der Waals surface area contributed by atoms with E-state index < -0.39 is 28.9 Å². The number of hydrogen-bond donors (Lipinski definition) is 0. The fraction of sp³-hybridized carbons (Fsp3) is 0.488. The molecular formula is C43H50F6O8S2. The number of thiophene rings is 2. The van der Waals surface area contributed by atoms with Gasteiger partial charge in [0.25, 0.3) is 0 Å². The summed E-state index contributed by atoms with van der Waals surface area (Å²) in [7, 11) is 3.18. The van der Waals surface area contributed by atoms with Gasteiger partial charge in [0.05, 0.1) is 66.1 Å². The van der Waals surface area contributed by atoms with Crippen LogP contribution in [0.4, 0.5) is 26.3 Å². The van der Waals surface area contributed by atoms with E-state index in [0.29, 0.717) is 98.4 Å². The molecule has 2 aromatic heterocycles. The molecule has 2 aromatic carbocycles. The van der Waals surface area contributed by atoms with Crippen LogP contribution in [0.3, 0.4) is 0 Å². The van der Waals surface area contributed by atoms with Crippen molar-refractivity contribution >= 4 is 33.8 Å². The van der Waals surface area contributed by atoms with Crippen LogP contribution < -0.4 is 9.47 Å². The van der Waals surface area contributed by atoms with Crippen molar-refractivity contribution in [2.45, 2.75) is 57.7 Å². The highest BCUT2D eigenvalue weighted by Crippen LogP contribution is 2.66. The standard InChI is InChI=1S/C43H50F6O8S2/c1-27(25-54-21-19-52-17-15-50-5)56-33-11-7-31(8-12-33)37-23-35(29(3)58-37)39-40(42(46,47)43(48,49)41(39,44)45)36-24-38(59-30(36)4)32-9-13-34(14-10-32)57-28(2)26-55-22-20-53-18-16-51-6/h7-14,23-24,27-28H,15-22,25-26H2,1-6H3/t27-,28-/m1/s1. The third kappa shape index (κ3) is 11.1. The summed E-state index contributed by atoms with van der Waals surface area (Å²) < 4.78 is 138. The first kappa shape index (κ1) is 46.6. The number of ether oxygens (including phenoxy) is 8. The number of aryl methyl sites for hydroxylation is 2. The van der Waals surface area contributed by atoms with Crippen LogP contribution in [0.25, 0.3) is 32.0 Å². The quantitative estimate of drug-likeness (QED) is 0.0509. The van der Waals surface area contributed by atoms with Gasteiger partial charge in [0.15, 0.2) is 0 Å². The Morgan fingerprint density at radius 3 is 1.20 bits per heavy atom. The molecule has 0 saturated carbocycles. The minimum atomic E-state index is -5.68. The van der Waals surface area contributed by atoms with Crippen LogP contribution in [0.2, 0.25) is 0 Å². The van der Waals surface area contributed by atoms with Gasteiger partial charge in [0.2, 0.25) is 0 Å². The van der Waals surface area contributed by atoms with Crippen LogP contribution in [0.5, 0.6) is 11.5 Å². The number of rotatable bonds is 24. The van der Waals surface area contributed by atoms with E-state index in [1.54, 1.807) is 62.8 Å². The maximum atomic E-state index is 15.9. The molecule has 0 radical (unpaired) electrons. The summed E-state index contributed by atoms with van der Waals surface area (Å²) in [5, 5.41) is 0. The van der Waals surface area contributed by atoms with Crippen LogP contribution in [-0.2, 0) is 28.4 Å². The molecule has 0 bridgehead atoms. The Bertz CT molecular complexity index is 1830. The second-order valence-electron chi connectivity index (χ2n) is 13.9. The molecule has 16 heteroatoms. The molecule has 2 heterocycles. The van der Waals surface area contributed by atoms with Gasteiger partial charge < -0.3 is 37.9 Å². The highest BCUT2D eigenvalue weighted by Gasteiger charge is 2.80. The van der Waals surface area contributed by atoms with E-state index in [9.17, 15) is 0 Å². The lowest BCUT2D eigenvalue weighted by Crippen LogP contribution is -2.48. The topological polar surface area (TPSA) is 73.8 Å². The van der Waals surface area contributed by atoms with Gasteiger partial charge in [-0.25, -0.2) is 0 Å². The Kier molecular flexibility index (Phi) is 16.5. The predicted octanol–water partition coefficient (Wildman–Crippen LogP) is 10.5. The van der Waals surface area contributed by atoms with E-state index >= 15 is 26.3 Å². The minimum Gasteiger partial charge on any atom is -0.488 e. The van der Waals surface area contributed by atoms with Gasteiger partial charge in [-0.1, -0.05) is 0 Å². The molecule has 0 amide bonds. The van der Waals surface area contributed by atoms with E-state index in [1.807, 2.05) is 13.8 Å². The lowest BCUT2D eigenvalue weighted by atomic mass is 9.94. The number of methoxy groups -OCH3 is 2. The molecule has 5 rings (SSSR count). The van der Waals surface area contributed by atoms with Gasteiger partial charge in [0.1, 0.15) is 23.7 Å². The SMILES string of the molecule is COCCOCCOC[C@@H](C)Oc1ccc(-c2cc(C3=C(c4cc(-c5ccc(O[C@H](C)COCCOCCOC)cc5)sc4C)C(F)(F)C(F)(F)C3(F)F)c(C)s2)cc1. The molecule has 0 saturated heterocycles. The van der Waals surface area contributed by atoms with Crippen molar-refractivity contribution in [1.82, 2.24) is 0 Å². The Morgan fingerprint density at radius 1 is 0.508 bits per heavy atom. The number of halogens is 6. The van der Waals surface area contributed by atoms with E-state index in [0.717, 1.165) is 22.7 Å².